The van der Waals surface area contributed by atoms with E-state index in [-0.39, 0.29) is 11.6 Å². The SMILES string of the molecule is Cc1ccc(F)c(OC(CCN2CCOCC2)c2cccc(F)c2)c1. The van der Waals surface area contributed by atoms with Gasteiger partial charge in [-0.1, -0.05) is 18.2 Å². The lowest BCUT2D eigenvalue weighted by molar-refractivity contribution is 0.0315. The number of nitrogens with zero attached hydrogens (tertiary/aromatic N) is 1. The van der Waals surface area contributed by atoms with Crippen molar-refractivity contribution in [3.05, 3.63) is 65.2 Å². The number of halogens is 2. The highest BCUT2D eigenvalue weighted by atomic mass is 19.1. The van der Waals surface area contributed by atoms with E-state index < -0.39 is 11.9 Å². The first kappa shape index (κ1) is 17.8. The molecule has 2 aromatic carbocycles. The van der Waals surface area contributed by atoms with E-state index in [9.17, 15) is 8.78 Å². The molecule has 5 heteroatoms. The molecule has 25 heavy (non-hydrogen) atoms. The van der Waals surface area contributed by atoms with Crippen LogP contribution in [0.4, 0.5) is 8.78 Å². The van der Waals surface area contributed by atoms with E-state index in [1.807, 2.05) is 13.0 Å². The van der Waals surface area contributed by atoms with E-state index >= 15 is 0 Å². The maximum Gasteiger partial charge on any atom is 0.165 e. The lowest BCUT2D eigenvalue weighted by Crippen LogP contribution is -2.37. The van der Waals surface area contributed by atoms with Gasteiger partial charge in [0.1, 0.15) is 11.9 Å². The third-order valence-corrected chi connectivity index (χ3v) is 4.39. The number of benzene rings is 2. The largest absolute Gasteiger partial charge is 0.483 e. The van der Waals surface area contributed by atoms with Crippen molar-refractivity contribution in [2.45, 2.75) is 19.4 Å². The summed E-state index contributed by atoms with van der Waals surface area (Å²) in [5.74, 6) is -0.517. The Kier molecular flexibility index (Phi) is 6.00. The van der Waals surface area contributed by atoms with Crippen LogP contribution in [0, 0.1) is 18.6 Å². The Bertz CT molecular complexity index is 702. The molecular weight excluding hydrogens is 324 g/mol. The Hall–Kier alpha value is -1.98. The van der Waals surface area contributed by atoms with Crippen LogP contribution >= 0.6 is 0 Å². The average Bonchev–Trinajstić information content (AvgIpc) is 2.62. The van der Waals surface area contributed by atoms with E-state index in [4.69, 9.17) is 9.47 Å². The van der Waals surface area contributed by atoms with Gasteiger partial charge in [-0.25, -0.2) is 8.78 Å². The summed E-state index contributed by atoms with van der Waals surface area (Å²) in [6.07, 6.45) is 0.242. The van der Waals surface area contributed by atoms with Crippen molar-refractivity contribution in [3.8, 4) is 5.75 Å². The molecule has 1 heterocycles. The first-order chi connectivity index (χ1) is 12.1. The highest BCUT2D eigenvalue weighted by Gasteiger charge is 2.19. The second-order valence-corrected chi connectivity index (χ2v) is 6.34. The molecule has 0 amide bonds. The first-order valence-electron chi connectivity index (χ1n) is 8.60. The van der Waals surface area contributed by atoms with Crippen LogP contribution in [0.3, 0.4) is 0 Å². The molecule has 1 aliphatic heterocycles. The standard InChI is InChI=1S/C20H23F2NO2/c1-15-5-6-18(22)20(13-15)25-19(16-3-2-4-17(21)14-16)7-8-23-9-11-24-12-10-23/h2-6,13-14,19H,7-12H2,1H3. The summed E-state index contributed by atoms with van der Waals surface area (Å²) in [6, 6.07) is 11.1. The van der Waals surface area contributed by atoms with Gasteiger partial charge in [-0.15, -0.1) is 0 Å². The highest BCUT2D eigenvalue weighted by Crippen LogP contribution is 2.28. The summed E-state index contributed by atoms with van der Waals surface area (Å²) in [5, 5.41) is 0. The van der Waals surface area contributed by atoms with Crippen molar-refractivity contribution >= 4 is 0 Å². The molecule has 1 fully saturated rings. The summed E-state index contributed by atoms with van der Waals surface area (Å²) >= 11 is 0. The molecule has 1 saturated heterocycles. The molecule has 0 spiro atoms. The Balaban J connectivity index is 1.77. The summed E-state index contributed by atoms with van der Waals surface area (Å²) in [4.78, 5) is 2.28. The number of morpholine rings is 1. The van der Waals surface area contributed by atoms with Gasteiger partial charge in [0.2, 0.25) is 0 Å². The molecule has 3 rings (SSSR count). The molecule has 0 saturated carbocycles. The Labute approximate surface area is 147 Å². The van der Waals surface area contributed by atoms with Crippen LogP contribution in [0.25, 0.3) is 0 Å². The van der Waals surface area contributed by atoms with Crippen molar-refractivity contribution in [2.24, 2.45) is 0 Å². The Morgan fingerprint density at radius 3 is 2.68 bits per heavy atom. The average molecular weight is 347 g/mol. The van der Waals surface area contributed by atoms with Crippen LogP contribution in [0.2, 0.25) is 0 Å². The van der Waals surface area contributed by atoms with Crippen LogP contribution < -0.4 is 4.74 Å². The van der Waals surface area contributed by atoms with Crippen molar-refractivity contribution in [2.75, 3.05) is 32.8 Å². The van der Waals surface area contributed by atoms with Gasteiger partial charge in [-0.3, -0.25) is 4.90 Å². The van der Waals surface area contributed by atoms with Crippen molar-refractivity contribution in [3.63, 3.8) is 0 Å². The molecule has 0 N–H and O–H groups in total. The molecule has 1 unspecified atom stereocenters. The van der Waals surface area contributed by atoms with Crippen molar-refractivity contribution in [1.29, 1.82) is 0 Å². The zero-order valence-corrected chi connectivity index (χ0v) is 14.4. The molecule has 0 radical (unpaired) electrons. The highest BCUT2D eigenvalue weighted by molar-refractivity contribution is 5.31. The van der Waals surface area contributed by atoms with Crippen LogP contribution in [0.5, 0.6) is 5.75 Å². The molecule has 134 valence electrons. The molecule has 3 nitrogen and oxygen atoms in total. The van der Waals surface area contributed by atoms with Crippen molar-refractivity contribution in [1.82, 2.24) is 4.90 Å². The van der Waals surface area contributed by atoms with Crippen LogP contribution in [0.1, 0.15) is 23.7 Å². The molecule has 0 bridgehead atoms. The summed E-state index contributed by atoms with van der Waals surface area (Å²) in [5.41, 5.74) is 1.64. The van der Waals surface area contributed by atoms with Gasteiger partial charge < -0.3 is 9.47 Å². The fourth-order valence-electron chi connectivity index (χ4n) is 2.98. The minimum Gasteiger partial charge on any atom is -0.483 e. The second-order valence-electron chi connectivity index (χ2n) is 6.34. The van der Waals surface area contributed by atoms with Gasteiger partial charge in [0.15, 0.2) is 11.6 Å². The Morgan fingerprint density at radius 2 is 1.92 bits per heavy atom. The second kappa shape index (κ2) is 8.41. The zero-order chi connectivity index (χ0) is 17.6. The fourth-order valence-corrected chi connectivity index (χ4v) is 2.98. The van der Waals surface area contributed by atoms with E-state index in [0.717, 1.165) is 38.4 Å². The fraction of sp³-hybridized carbons (Fsp3) is 0.400. The third kappa shape index (κ3) is 5.00. The predicted molar refractivity (Wildman–Crippen MR) is 92.8 cm³/mol. The summed E-state index contributed by atoms with van der Waals surface area (Å²) < 4.78 is 39.1. The normalized spacial score (nSPS) is 16.6. The maximum absolute atomic E-state index is 14.1. The lowest BCUT2D eigenvalue weighted by Gasteiger charge is -2.29. The molecule has 1 atom stereocenters. The third-order valence-electron chi connectivity index (χ3n) is 4.39. The molecule has 1 aliphatic rings. The number of rotatable bonds is 6. The minimum absolute atomic E-state index is 0.205. The zero-order valence-electron chi connectivity index (χ0n) is 14.4. The predicted octanol–water partition coefficient (Wildman–Crippen LogP) is 4.12. The summed E-state index contributed by atoms with van der Waals surface area (Å²) in [6.45, 7) is 5.86. The van der Waals surface area contributed by atoms with E-state index in [0.29, 0.717) is 12.0 Å². The van der Waals surface area contributed by atoms with Crippen LogP contribution in [-0.2, 0) is 4.74 Å². The monoisotopic (exact) mass is 347 g/mol. The van der Waals surface area contributed by atoms with Crippen LogP contribution in [-0.4, -0.2) is 37.7 Å². The lowest BCUT2D eigenvalue weighted by atomic mass is 10.1. The quantitative estimate of drug-likeness (QED) is 0.785. The Morgan fingerprint density at radius 1 is 1.12 bits per heavy atom. The van der Waals surface area contributed by atoms with Crippen LogP contribution in [0.15, 0.2) is 42.5 Å². The maximum atomic E-state index is 14.1. The number of hydrogen-bond donors (Lipinski definition) is 0. The van der Waals surface area contributed by atoms with Gasteiger partial charge in [0, 0.05) is 26.1 Å². The minimum atomic E-state index is -0.408. The van der Waals surface area contributed by atoms with E-state index in [1.54, 1.807) is 18.2 Å². The number of aryl methyl sites for hydroxylation is 1. The molecule has 0 aromatic heterocycles. The van der Waals surface area contributed by atoms with E-state index in [2.05, 4.69) is 4.90 Å². The summed E-state index contributed by atoms with van der Waals surface area (Å²) in [7, 11) is 0. The molecular formula is C20H23F2NO2. The van der Waals surface area contributed by atoms with Gasteiger partial charge in [0.25, 0.3) is 0 Å². The van der Waals surface area contributed by atoms with E-state index in [1.165, 1.54) is 18.2 Å². The van der Waals surface area contributed by atoms with Gasteiger partial charge >= 0.3 is 0 Å². The molecule has 0 aliphatic carbocycles. The van der Waals surface area contributed by atoms with Crippen molar-refractivity contribution < 1.29 is 18.3 Å². The van der Waals surface area contributed by atoms with Gasteiger partial charge in [-0.2, -0.15) is 0 Å². The number of ether oxygens (including phenoxy) is 2. The first-order valence-corrected chi connectivity index (χ1v) is 8.60. The van der Waals surface area contributed by atoms with Gasteiger partial charge in [-0.05, 0) is 42.3 Å². The molecule has 2 aromatic rings. The number of hydrogen-bond acceptors (Lipinski definition) is 3. The smallest absolute Gasteiger partial charge is 0.165 e. The van der Waals surface area contributed by atoms with Gasteiger partial charge in [0.05, 0.1) is 13.2 Å². The topological polar surface area (TPSA) is 21.7 Å².